The van der Waals surface area contributed by atoms with Crippen molar-refractivity contribution < 1.29 is 33.3 Å². The normalized spacial score (nSPS) is 10.7. The van der Waals surface area contributed by atoms with Crippen molar-refractivity contribution in [1.29, 1.82) is 0 Å². The van der Waals surface area contributed by atoms with E-state index in [0.29, 0.717) is 35.2 Å². The van der Waals surface area contributed by atoms with Crippen molar-refractivity contribution >= 4 is 47.4 Å². The second-order valence-electron chi connectivity index (χ2n) is 7.76. The van der Waals surface area contributed by atoms with Crippen LogP contribution in [0.1, 0.15) is 20.7 Å². The Labute approximate surface area is 228 Å². The van der Waals surface area contributed by atoms with Crippen LogP contribution in [-0.2, 0) is 3.63 Å². The molecule has 0 heterocycles. The Morgan fingerprint density at radius 3 is 1.28 bits per heavy atom. The predicted molar refractivity (Wildman–Crippen MR) is 144 cm³/mol. The number of carboxylic acid groups (broad SMARTS) is 2. The smallest absolute Gasteiger partial charge is 0.337 e. The molecular formula is C26H16N2O9S2. The summed E-state index contributed by atoms with van der Waals surface area (Å²) < 4.78 is 5.54. The number of benzene rings is 4. The van der Waals surface area contributed by atoms with E-state index in [0.717, 1.165) is 12.1 Å². The molecule has 0 amide bonds. The lowest BCUT2D eigenvalue weighted by Gasteiger charge is -2.13. The summed E-state index contributed by atoms with van der Waals surface area (Å²) in [5, 5.41) is 43.3. The number of nitrogens with zero attached hydrogens (tertiary/aromatic N) is 2. The molecule has 0 fully saturated rings. The van der Waals surface area contributed by atoms with Gasteiger partial charge in [-0.05, 0) is 23.3 Å². The van der Waals surface area contributed by atoms with Gasteiger partial charge in [-0.25, -0.2) is 13.2 Å². The van der Waals surface area contributed by atoms with Gasteiger partial charge in [0.05, 0.1) is 41.9 Å². The van der Waals surface area contributed by atoms with Gasteiger partial charge in [0, 0.05) is 36.2 Å². The van der Waals surface area contributed by atoms with Crippen molar-refractivity contribution in [3.05, 3.63) is 116 Å². The highest BCUT2D eigenvalue weighted by molar-refractivity contribution is 8.08. The zero-order valence-electron chi connectivity index (χ0n) is 19.5. The highest BCUT2D eigenvalue weighted by atomic mass is 32.2. The Bertz CT molecular complexity index is 1480. The number of hydrogen-bond acceptors (Lipinski definition) is 9. The van der Waals surface area contributed by atoms with Crippen LogP contribution in [0.2, 0.25) is 0 Å². The summed E-state index contributed by atoms with van der Waals surface area (Å²) in [6.07, 6.45) is 0. The fraction of sp³-hybridized carbons (Fsp3) is 0. The maximum atomic E-state index is 12.2. The highest BCUT2D eigenvalue weighted by Gasteiger charge is 2.29. The first-order valence-corrected chi connectivity index (χ1v) is 12.4. The van der Waals surface area contributed by atoms with E-state index < -0.39 is 33.2 Å². The maximum absolute atomic E-state index is 12.2. The van der Waals surface area contributed by atoms with E-state index in [-0.39, 0.29) is 32.0 Å². The molecule has 0 radical (unpaired) electrons. The number of carboxylic acids is 2. The summed E-state index contributed by atoms with van der Waals surface area (Å²) >= 11 is 1.13. The van der Waals surface area contributed by atoms with E-state index in [1.165, 1.54) is 12.1 Å². The number of hydrogen-bond donors (Lipinski definition) is 2. The number of aromatic carboxylic acids is 2. The zero-order chi connectivity index (χ0) is 28.1. The summed E-state index contributed by atoms with van der Waals surface area (Å²) in [5.74, 6) is -2.86. The molecule has 0 saturated carbocycles. The molecule has 13 heteroatoms. The van der Waals surface area contributed by atoms with Crippen molar-refractivity contribution in [2.45, 2.75) is 9.79 Å². The van der Waals surface area contributed by atoms with Gasteiger partial charge in [-0.2, -0.15) is 0 Å². The van der Waals surface area contributed by atoms with Gasteiger partial charge in [0.15, 0.2) is 0 Å². The molecular weight excluding hydrogens is 548 g/mol. The van der Waals surface area contributed by atoms with E-state index in [9.17, 15) is 40.0 Å². The summed E-state index contributed by atoms with van der Waals surface area (Å²) in [6.45, 7) is 0. The third-order valence-electron chi connectivity index (χ3n) is 5.48. The molecule has 11 nitrogen and oxygen atoms in total. The number of carbonyl (C=O) groups is 2. The van der Waals surface area contributed by atoms with Gasteiger partial charge in [-0.15, -0.1) is 0 Å². The van der Waals surface area contributed by atoms with E-state index in [1.807, 2.05) is 0 Å². The van der Waals surface area contributed by atoms with Crippen molar-refractivity contribution in [3.8, 4) is 22.3 Å². The molecule has 2 N–H and O–H groups in total. The van der Waals surface area contributed by atoms with E-state index in [1.54, 1.807) is 60.7 Å². The van der Waals surface area contributed by atoms with E-state index in [4.69, 9.17) is 3.63 Å². The van der Waals surface area contributed by atoms with Crippen molar-refractivity contribution in [1.82, 2.24) is 0 Å². The van der Waals surface area contributed by atoms with Gasteiger partial charge < -0.3 is 10.2 Å². The standard InChI is InChI=1S/C26H16N2O9S2/c29-25(30)23-19(13-11-17(27(33)34)21(23)15-7-3-1-4-8-15)38-37-39-20-14-12-18(28(35)36)22(24(20)26(31)32)16-9-5-2-6-10-16/h1-14H,(H,29,30)(H,31,32). The van der Waals surface area contributed by atoms with Crippen molar-refractivity contribution in [2.75, 3.05) is 0 Å². The molecule has 4 aromatic carbocycles. The quantitative estimate of drug-likeness (QED) is 0.116. The van der Waals surface area contributed by atoms with Crippen LogP contribution in [0, 0.1) is 20.2 Å². The van der Waals surface area contributed by atoms with Crippen LogP contribution in [0.3, 0.4) is 0 Å². The summed E-state index contributed by atoms with van der Waals surface area (Å²) in [7, 11) is 0. The van der Waals surface area contributed by atoms with E-state index in [2.05, 4.69) is 0 Å². The van der Waals surface area contributed by atoms with Gasteiger partial charge in [0.1, 0.15) is 0 Å². The van der Waals surface area contributed by atoms with Gasteiger partial charge >= 0.3 is 11.9 Å². The number of nitro groups is 2. The van der Waals surface area contributed by atoms with Crippen LogP contribution in [0.5, 0.6) is 0 Å². The lowest BCUT2D eigenvalue weighted by molar-refractivity contribution is -0.384. The molecule has 0 unspecified atom stereocenters. The van der Waals surface area contributed by atoms with Gasteiger partial charge in [-0.1, -0.05) is 60.7 Å². The SMILES string of the molecule is O=C(O)c1c(SOSc2ccc([N+](=O)[O-])c(-c3ccccc3)c2C(=O)O)ccc([N+](=O)[O-])c1-c1ccccc1. The Balaban J connectivity index is 1.74. The fourth-order valence-corrected chi connectivity index (χ4v) is 5.41. The van der Waals surface area contributed by atoms with Crippen LogP contribution in [-0.4, -0.2) is 32.0 Å². The minimum atomic E-state index is -1.43. The highest BCUT2D eigenvalue weighted by Crippen LogP contribution is 2.43. The molecule has 0 spiro atoms. The van der Waals surface area contributed by atoms with Crippen LogP contribution in [0.25, 0.3) is 22.3 Å². The molecule has 4 aromatic rings. The minimum Gasteiger partial charge on any atom is -0.478 e. The lowest BCUT2D eigenvalue weighted by atomic mass is 9.97. The van der Waals surface area contributed by atoms with Crippen LogP contribution in [0.4, 0.5) is 11.4 Å². The molecule has 0 aromatic heterocycles. The van der Waals surface area contributed by atoms with Crippen LogP contribution < -0.4 is 0 Å². The topological polar surface area (TPSA) is 170 Å². The van der Waals surface area contributed by atoms with Crippen LogP contribution in [0.15, 0.2) is 94.7 Å². The summed E-state index contributed by atoms with van der Waals surface area (Å²) in [6, 6.07) is 20.8. The largest absolute Gasteiger partial charge is 0.478 e. The molecule has 4 rings (SSSR count). The second-order valence-corrected chi connectivity index (χ2v) is 9.51. The third kappa shape index (κ3) is 5.75. The number of rotatable bonds is 10. The Morgan fingerprint density at radius 2 is 0.974 bits per heavy atom. The molecule has 196 valence electrons. The molecule has 0 aliphatic carbocycles. The average molecular weight is 565 g/mol. The lowest BCUT2D eigenvalue weighted by Crippen LogP contribution is -2.06. The molecule has 0 aliphatic rings. The molecule has 0 aliphatic heterocycles. The molecule has 39 heavy (non-hydrogen) atoms. The van der Waals surface area contributed by atoms with Crippen molar-refractivity contribution in [2.24, 2.45) is 0 Å². The van der Waals surface area contributed by atoms with Gasteiger partial charge in [0.25, 0.3) is 11.4 Å². The first kappa shape index (κ1) is 27.3. The third-order valence-corrected chi connectivity index (χ3v) is 7.07. The van der Waals surface area contributed by atoms with Gasteiger partial charge in [-0.3, -0.25) is 20.2 Å². The zero-order valence-corrected chi connectivity index (χ0v) is 21.2. The fourth-order valence-electron chi connectivity index (χ4n) is 3.90. The Hall–Kier alpha value is -4.72. The van der Waals surface area contributed by atoms with Gasteiger partial charge in [0.2, 0.25) is 0 Å². The van der Waals surface area contributed by atoms with Crippen molar-refractivity contribution in [3.63, 3.8) is 0 Å². The summed E-state index contributed by atoms with van der Waals surface area (Å²) in [4.78, 5) is 46.5. The first-order chi connectivity index (χ1) is 18.7. The number of nitro benzene ring substituents is 2. The molecule has 0 saturated heterocycles. The Morgan fingerprint density at radius 1 is 0.615 bits per heavy atom. The maximum Gasteiger partial charge on any atom is 0.337 e. The monoisotopic (exact) mass is 564 g/mol. The van der Waals surface area contributed by atoms with E-state index >= 15 is 0 Å². The minimum absolute atomic E-state index is 0.0292. The molecule has 0 bridgehead atoms. The Kier molecular flexibility index (Phi) is 8.24. The summed E-state index contributed by atoms with van der Waals surface area (Å²) in [5.41, 5.74) is -1.15. The predicted octanol–water partition coefficient (Wildman–Crippen LogP) is 6.96. The average Bonchev–Trinajstić information content (AvgIpc) is 2.92. The van der Waals surface area contributed by atoms with Crippen LogP contribution >= 0.6 is 24.1 Å². The first-order valence-electron chi connectivity index (χ1n) is 10.9. The second kappa shape index (κ2) is 11.8. The molecule has 0 atom stereocenters.